The third-order valence-electron chi connectivity index (χ3n) is 17.1. The van der Waals surface area contributed by atoms with Crippen LogP contribution in [0.15, 0.2) is 48.1 Å². The van der Waals surface area contributed by atoms with Crippen molar-refractivity contribution in [1.82, 2.24) is 15.5 Å². The van der Waals surface area contributed by atoms with Crippen LogP contribution >= 0.6 is 11.8 Å². The van der Waals surface area contributed by atoms with Gasteiger partial charge in [-0.15, -0.1) is 0 Å². The van der Waals surface area contributed by atoms with Crippen molar-refractivity contribution < 1.29 is 67.2 Å². The molecular formula is C56H77N5O14S. The van der Waals surface area contributed by atoms with Crippen LogP contribution in [0.2, 0.25) is 0 Å². The molecule has 7 rings (SSSR count). The van der Waals surface area contributed by atoms with Gasteiger partial charge in [0.1, 0.15) is 6.61 Å². The number of nitrogens with two attached hydrogens (primary N) is 1. The smallest absolute Gasteiger partial charge is 0.429 e. The van der Waals surface area contributed by atoms with Crippen molar-refractivity contribution in [3.8, 4) is 0 Å². The van der Waals surface area contributed by atoms with E-state index >= 15 is 0 Å². The van der Waals surface area contributed by atoms with Gasteiger partial charge in [0.15, 0.2) is 30.1 Å². The zero-order valence-corrected chi connectivity index (χ0v) is 45.5. The molecule has 3 saturated carbocycles. The van der Waals surface area contributed by atoms with Crippen LogP contribution in [-0.4, -0.2) is 125 Å². The van der Waals surface area contributed by atoms with Gasteiger partial charge in [0.05, 0.1) is 23.5 Å². The van der Waals surface area contributed by atoms with E-state index in [-0.39, 0.29) is 103 Å². The highest BCUT2D eigenvalue weighted by Gasteiger charge is 2.76. The maximum atomic E-state index is 14.6. The van der Waals surface area contributed by atoms with Crippen LogP contribution in [0.5, 0.6) is 0 Å². The summed E-state index contributed by atoms with van der Waals surface area (Å²) in [5.74, 6) is -3.29. The Morgan fingerprint density at radius 1 is 1.01 bits per heavy atom. The Bertz CT molecular complexity index is 2450. The van der Waals surface area contributed by atoms with Crippen molar-refractivity contribution in [2.45, 2.75) is 167 Å². The van der Waals surface area contributed by atoms with E-state index in [9.17, 15) is 48.3 Å². The lowest BCUT2D eigenvalue weighted by atomic mass is 9.46. The largest absolute Gasteiger partial charge is 0.509 e. The molecule has 20 heteroatoms. The second kappa shape index (κ2) is 24.9. The van der Waals surface area contributed by atoms with Crippen molar-refractivity contribution in [1.29, 1.82) is 0 Å². The molecule has 19 nitrogen and oxygen atoms in total. The number of Topliss-reactive ketones (excluding diaryl/α,β-unsaturated/α-hetero) is 2. The normalized spacial score (nSPS) is 30.1. The number of anilines is 1. The number of rotatable bonds is 25. The second-order valence-corrected chi connectivity index (χ2v) is 23.3. The van der Waals surface area contributed by atoms with Crippen molar-refractivity contribution in [3.63, 3.8) is 0 Å². The molecule has 1 aromatic rings. The molecule has 12 atom stereocenters. The maximum Gasteiger partial charge on any atom is 0.509 e. The fourth-order valence-electron chi connectivity index (χ4n) is 13.3. The molecule has 2 aliphatic heterocycles. The molecule has 1 aromatic carbocycles. The zero-order valence-electron chi connectivity index (χ0n) is 44.7. The highest BCUT2D eigenvalue weighted by atomic mass is 32.2. The number of benzene rings is 1. The number of urea groups is 1. The molecule has 6 aliphatic rings. The summed E-state index contributed by atoms with van der Waals surface area (Å²) >= 11 is 1.36. The first-order valence-corrected chi connectivity index (χ1v) is 28.3. The number of hydrogen-bond donors (Lipinski definition) is 5. The monoisotopic (exact) mass is 1080 g/mol. The fraction of sp³-hybridized carbons (Fsp3) is 0.661. The van der Waals surface area contributed by atoms with Gasteiger partial charge in [0.2, 0.25) is 29.4 Å². The lowest BCUT2D eigenvalue weighted by Crippen LogP contribution is -2.63. The van der Waals surface area contributed by atoms with E-state index in [1.165, 1.54) is 16.7 Å². The minimum Gasteiger partial charge on any atom is -0.429 e. The number of unbranched alkanes of at least 4 members (excludes halogenated alkanes) is 2. The van der Waals surface area contributed by atoms with Gasteiger partial charge in [-0.25, -0.2) is 9.59 Å². The number of fused-ring (bicyclic) bond motifs is 7. The first-order valence-electron chi connectivity index (χ1n) is 27.1. The summed E-state index contributed by atoms with van der Waals surface area (Å²) < 4.78 is 24.1. The van der Waals surface area contributed by atoms with Gasteiger partial charge >= 0.3 is 12.2 Å². The van der Waals surface area contributed by atoms with Crippen molar-refractivity contribution >= 4 is 70.6 Å². The number of amides is 6. The van der Waals surface area contributed by atoms with Crippen LogP contribution in [0.3, 0.4) is 0 Å². The number of aliphatic hydroxyl groups excluding tert-OH is 1. The number of likely N-dealkylation sites (tertiary alicyclic amines) is 1. The van der Waals surface area contributed by atoms with E-state index in [0.29, 0.717) is 62.7 Å². The SMILES string of the molecule is CCCC1O[C@@H]2C[C@H]3[C@@H]4CCC5=CC(=O)C=C[C@]5(C)[C@H]4[C@@H](O)C[C@]3(C)[C@]2(C(=O)COC(=O)OCc2ccc(NC(=O)[C@H](CCCNC(N)=O)CC(=O)[C@@H](NC(=O)CCCCCN3C(=O)CC(SC)C3=O)C(C)C)cc2)O1. The standard InChI is InChI=1S/C56H77N5O14S/c1-7-12-47-74-44-27-39-38-20-17-35-26-37(62)21-22-54(35,4)48(38)41(64)29-55(39,5)56(44,75-47)43(65)31-73-53(71)72-30-33-15-18-36(19-16-33)59-50(68)34(13-11-23-58-52(57)70)25-40(63)49(32(2)3)60-45(66)14-9-8-10-24-61-46(67)28-42(76-6)51(61)69/h15-16,18-19,21-22,26,32,34,38-39,41-42,44,47-49,64H,7-14,17,20,23-25,27-31H2,1-6H3,(H,59,68)(H,60,66)(H3,57,58,70)/t34-,38+,39+,41+,42?,44-,47?,48-,49+,54+,55+,56-/m1/s1. The van der Waals surface area contributed by atoms with Gasteiger partial charge in [0, 0.05) is 60.7 Å². The molecule has 0 radical (unpaired) electrons. The number of aliphatic hydroxyl groups is 1. The van der Waals surface area contributed by atoms with E-state index in [4.69, 9.17) is 24.7 Å². The Balaban J connectivity index is 0.908. The Hall–Kier alpha value is -5.44. The van der Waals surface area contributed by atoms with Crippen LogP contribution in [-0.2, 0) is 59.1 Å². The number of allylic oxidation sites excluding steroid dienone is 4. The molecule has 0 aromatic heterocycles. The molecule has 76 heavy (non-hydrogen) atoms. The average Bonchev–Trinajstić information content (AvgIpc) is 3.99. The third kappa shape index (κ3) is 12.4. The molecule has 6 amide bonds. The molecule has 2 saturated heterocycles. The number of nitrogens with one attached hydrogen (secondary N) is 3. The number of primary amides is 1. The molecular weight excluding hydrogens is 999 g/mol. The number of carbonyl (C=O) groups excluding carboxylic acids is 9. The van der Waals surface area contributed by atoms with Gasteiger partial charge in [-0.05, 0) is 112 Å². The first kappa shape index (κ1) is 58.2. The predicted octanol–water partition coefficient (Wildman–Crippen LogP) is 6.23. The minimum absolute atomic E-state index is 0.0239. The van der Waals surface area contributed by atoms with E-state index in [2.05, 4.69) is 22.9 Å². The molecule has 2 heterocycles. The summed E-state index contributed by atoms with van der Waals surface area (Å²) in [5.41, 5.74) is 4.40. The summed E-state index contributed by atoms with van der Waals surface area (Å²) in [7, 11) is 0. The number of thioether (sulfide) groups is 1. The number of nitrogens with zero attached hydrogens (tertiary/aromatic N) is 1. The lowest BCUT2D eigenvalue weighted by Gasteiger charge is -2.59. The Morgan fingerprint density at radius 2 is 1.76 bits per heavy atom. The molecule has 6 N–H and O–H groups in total. The van der Waals surface area contributed by atoms with Crippen molar-refractivity contribution in [2.24, 2.45) is 46.2 Å². The minimum atomic E-state index is -1.47. The third-order valence-corrected chi connectivity index (χ3v) is 18.0. The Labute approximate surface area is 449 Å². The number of ether oxygens (including phenoxy) is 4. The fourth-order valence-corrected chi connectivity index (χ4v) is 13.9. The van der Waals surface area contributed by atoms with Crippen molar-refractivity contribution in [2.75, 3.05) is 31.3 Å². The number of imide groups is 1. The van der Waals surface area contributed by atoms with Gasteiger partial charge in [-0.3, -0.25) is 38.5 Å². The van der Waals surface area contributed by atoms with Crippen LogP contribution in [0, 0.1) is 40.4 Å². The predicted molar refractivity (Wildman–Crippen MR) is 281 cm³/mol. The Kier molecular flexibility index (Phi) is 19.1. The number of carbonyl (C=O) groups is 9. The van der Waals surface area contributed by atoms with Gasteiger partial charge in [0.25, 0.3) is 0 Å². The molecule has 0 spiro atoms. The second-order valence-electron chi connectivity index (χ2n) is 22.3. The van der Waals surface area contributed by atoms with Gasteiger partial charge < -0.3 is 45.7 Å². The summed E-state index contributed by atoms with van der Waals surface area (Å²) in [6.07, 6.45) is 9.84. The quantitative estimate of drug-likeness (QED) is 0.0412. The van der Waals surface area contributed by atoms with Crippen LogP contribution in [0.1, 0.15) is 130 Å². The lowest BCUT2D eigenvalue weighted by molar-refractivity contribution is -0.200. The van der Waals surface area contributed by atoms with Gasteiger partial charge in [-0.1, -0.05) is 71.2 Å². The topological polar surface area (TPSA) is 276 Å². The zero-order chi connectivity index (χ0) is 55.1. The molecule has 2 unspecified atom stereocenters. The molecule has 416 valence electrons. The first-order chi connectivity index (χ1) is 36.1. The van der Waals surface area contributed by atoms with Crippen LogP contribution in [0.4, 0.5) is 15.3 Å². The van der Waals surface area contributed by atoms with Crippen LogP contribution < -0.4 is 21.7 Å². The summed E-state index contributed by atoms with van der Waals surface area (Å²) in [6.45, 7) is 9.32. The maximum absolute atomic E-state index is 14.6. The van der Waals surface area contributed by atoms with E-state index in [1.807, 2.05) is 19.9 Å². The van der Waals surface area contributed by atoms with Gasteiger partial charge in [-0.2, -0.15) is 11.8 Å². The molecule has 5 fully saturated rings. The highest BCUT2D eigenvalue weighted by molar-refractivity contribution is 8.00. The van der Waals surface area contributed by atoms with Crippen molar-refractivity contribution in [3.05, 3.63) is 53.6 Å². The summed E-state index contributed by atoms with van der Waals surface area (Å²) in [5, 5.41) is 19.9. The Morgan fingerprint density at radius 3 is 2.45 bits per heavy atom. The summed E-state index contributed by atoms with van der Waals surface area (Å²) in [6, 6.07) is 4.89. The number of hydrogen-bond acceptors (Lipinski definition) is 15. The van der Waals surface area contributed by atoms with E-state index in [1.54, 1.807) is 56.5 Å². The van der Waals surface area contributed by atoms with E-state index in [0.717, 1.165) is 18.4 Å². The van der Waals surface area contributed by atoms with Crippen LogP contribution in [0.25, 0.3) is 0 Å². The number of ketones is 3. The van der Waals surface area contributed by atoms with E-state index < -0.39 is 77.4 Å². The summed E-state index contributed by atoms with van der Waals surface area (Å²) in [4.78, 5) is 118. The molecule has 4 aliphatic carbocycles. The molecule has 0 bridgehead atoms. The average molecular weight is 1080 g/mol. The highest BCUT2D eigenvalue weighted by Crippen LogP contribution is 2.69.